The van der Waals surface area contributed by atoms with Crippen molar-refractivity contribution in [3.05, 3.63) is 24.0 Å². The van der Waals surface area contributed by atoms with Crippen LogP contribution in [0.3, 0.4) is 0 Å². The maximum Gasteiger partial charge on any atom is 0.414 e. The van der Waals surface area contributed by atoms with Crippen LogP contribution in [0, 0.1) is 5.82 Å². The van der Waals surface area contributed by atoms with E-state index >= 15 is 0 Å². The summed E-state index contributed by atoms with van der Waals surface area (Å²) >= 11 is 4.88. The van der Waals surface area contributed by atoms with E-state index in [9.17, 15) is 22.8 Å². The summed E-state index contributed by atoms with van der Waals surface area (Å²) in [5.74, 6) is -2.01. The summed E-state index contributed by atoms with van der Waals surface area (Å²) in [6.07, 6.45) is -4.73. The number of anilines is 2. The van der Waals surface area contributed by atoms with E-state index in [2.05, 4.69) is 0 Å². The minimum atomic E-state index is -3.16. The maximum absolute atomic E-state index is 14.8. The Bertz CT molecular complexity index is 831. The number of thiocarbonyl (C=S) groups is 1. The highest BCUT2D eigenvalue weighted by Gasteiger charge is 2.33. The Morgan fingerprint density at radius 2 is 2.10 bits per heavy atom. The van der Waals surface area contributed by atoms with Crippen LogP contribution >= 0.6 is 12.2 Å². The second-order valence-corrected chi connectivity index (χ2v) is 6.98. The lowest BCUT2D eigenvalue weighted by molar-refractivity contribution is -0.132. The number of amides is 2. The number of carbonyl (C=O) groups is 2. The molecule has 0 aliphatic carbocycles. The fourth-order valence-corrected chi connectivity index (χ4v) is 3.26. The Hall–Kier alpha value is -2.80. The minimum absolute atomic E-state index is 0.0123. The van der Waals surface area contributed by atoms with Crippen molar-refractivity contribution in [2.75, 3.05) is 49.1 Å². The summed E-state index contributed by atoms with van der Waals surface area (Å²) in [7, 11) is 0. The predicted octanol–water partition coefficient (Wildman–Crippen LogP) is 0.829. The van der Waals surface area contributed by atoms with Crippen molar-refractivity contribution in [1.82, 2.24) is 10.4 Å². The summed E-state index contributed by atoms with van der Waals surface area (Å²) < 4.78 is 44.3. The third kappa shape index (κ3) is 5.02. The Labute approximate surface area is 175 Å². The quantitative estimate of drug-likeness (QED) is 0.641. The third-order valence-corrected chi connectivity index (χ3v) is 4.79. The lowest BCUT2D eigenvalue weighted by Gasteiger charge is -2.24. The van der Waals surface area contributed by atoms with Crippen LogP contribution in [0.1, 0.15) is 0 Å². The van der Waals surface area contributed by atoms with Crippen molar-refractivity contribution in [2.45, 2.75) is 12.5 Å². The molecule has 1 aromatic rings. The summed E-state index contributed by atoms with van der Waals surface area (Å²) in [4.78, 5) is 31.4. The highest BCUT2D eigenvalue weighted by Crippen LogP contribution is 2.28. The van der Waals surface area contributed by atoms with E-state index in [1.165, 1.54) is 22.1 Å². The van der Waals surface area contributed by atoms with Crippen LogP contribution in [0.5, 0.6) is 0 Å². The zero-order valence-electron chi connectivity index (χ0n) is 15.7. The summed E-state index contributed by atoms with van der Waals surface area (Å²) in [5.41, 5.74) is 6.12. The first-order valence-electron chi connectivity index (χ1n) is 9.04. The van der Waals surface area contributed by atoms with E-state index < -0.39 is 30.3 Å². The van der Waals surface area contributed by atoms with Gasteiger partial charge in [0.15, 0.2) is 5.11 Å². The van der Waals surface area contributed by atoms with Crippen LogP contribution in [-0.4, -0.2) is 74.0 Å². The largest absolute Gasteiger partial charge is 0.442 e. The number of benzene rings is 1. The molecule has 9 nitrogen and oxygen atoms in total. The van der Waals surface area contributed by atoms with Gasteiger partial charge in [-0.1, -0.05) is 0 Å². The van der Waals surface area contributed by atoms with Crippen molar-refractivity contribution in [2.24, 2.45) is 5.73 Å². The van der Waals surface area contributed by atoms with Crippen LogP contribution in [0.15, 0.2) is 18.2 Å². The summed E-state index contributed by atoms with van der Waals surface area (Å²) in [5, 5.41) is 3.46. The molecule has 1 atom stereocenters. The SMILES string of the molecule is NC(=S)N1CCN(c2ccc(N3C[C@H](CNC(=O)C(F)F)OC3=O)cc2F)CCO1. The Morgan fingerprint density at radius 3 is 2.77 bits per heavy atom. The molecule has 30 heavy (non-hydrogen) atoms. The molecule has 3 N–H and O–H groups in total. The van der Waals surface area contributed by atoms with Gasteiger partial charge in [-0.05, 0) is 30.4 Å². The van der Waals surface area contributed by atoms with Gasteiger partial charge in [-0.3, -0.25) is 14.5 Å². The predicted molar refractivity (Wildman–Crippen MR) is 105 cm³/mol. The molecular weight excluding hydrogens is 427 g/mol. The first kappa shape index (κ1) is 21.9. The highest BCUT2D eigenvalue weighted by molar-refractivity contribution is 7.80. The van der Waals surface area contributed by atoms with Crippen LogP contribution in [-0.2, 0) is 14.4 Å². The monoisotopic (exact) mass is 447 g/mol. The molecule has 0 aromatic heterocycles. The number of nitrogens with two attached hydrogens (primary N) is 1. The molecule has 2 aliphatic heterocycles. The van der Waals surface area contributed by atoms with E-state index in [4.69, 9.17) is 27.5 Å². The van der Waals surface area contributed by atoms with Gasteiger partial charge in [-0.2, -0.15) is 8.78 Å². The molecule has 0 spiro atoms. The number of hydroxylamine groups is 2. The molecule has 2 fully saturated rings. The van der Waals surface area contributed by atoms with Gasteiger partial charge in [0.1, 0.15) is 11.9 Å². The van der Waals surface area contributed by atoms with E-state index in [1.807, 2.05) is 5.32 Å². The third-order valence-electron chi connectivity index (χ3n) is 4.59. The number of alkyl halides is 2. The van der Waals surface area contributed by atoms with Crippen molar-refractivity contribution in [3.8, 4) is 0 Å². The minimum Gasteiger partial charge on any atom is -0.442 e. The molecule has 13 heteroatoms. The van der Waals surface area contributed by atoms with Crippen LogP contribution in [0.25, 0.3) is 0 Å². The Balaban J connectivity index is 1.64. The molecule has 2 aliphatic rings. The number of rotatable bonds is 5. The fraction of sp³-hybridized carbons (Fsp3) is 0.471. The molecule has 0 bridgehead atoms. The topological polar surface area (TPSA) is 100 Å². The molecule has 0 radical (unpaired) electrons. The second kappa shape index (κ2) is 9.34. The molecule has 0 unspecified atom stereocenters. The van der Waals surface area contributed by atoms with Gasteiger partial charge in [0.05, 0.1) is 37.6 Å². The first-order chi connectivity index (χ1) is 14.3. The molecule has 164 valence electrons. The van der Waals surface area contributed by atoms with Gasteiger partial charge in [0.25, 0.3) is 5.91 Å². The average molecular weight is 447 g/mol. The molecule has 2 saturated heterocycles. The molecule has 2 amide bonds. The number of nitrogens with one attached hydrogen (secondary N) is 1. The van der Waals surface area contributed by atoms with Gasteiger partial charge in [0.2, 0.25) is 0 Å². The summed E-state index contributed by atoms with van der Waals surface area (Å²) in [6, 6.07) is 4.27. The van der Waals surface area contributed by atoms with Gasteiger partial charge in [-0.15, -0.1) is 0 Å². The van der Waals surface area contributed by atoms with Gasteiger partial charge >= 0.3 is 12.5 Å². The number of nitrogens with zero attached hydrogens (tertiary/aromatic N) is 3. The number of hydrogen-bond donors (Lipinski definition) is 2. The second-order valence-electron chi connectivity index (χ2n) is 6.56. The number of ether oxygens (including phenoxy) is 1. The van der Waals surface area contributed by atoms with Crippen molar-refractivity contribution < 1.29 is 32.3 Å². The fourth-order valence-electron chi connectivity index (χ4n) is 3.11. The average Bonchev–Trinajstić information content (AvgIpc) is 2.90. The molecule has 1 aromatic carbocycles. The zero-order chi connectivity index (χ0) is 21.8. The standard InChI is InChI=1S/C17H20F3N5O4S/c18-12-7-10(24-9-11(29-17(24)27)8-22-15(26)14(19)20)1-2-13(12)23-3-4-25(16(21)30)28-6-5-23/h1-2,7,11,14H,3-6,8-9H2,(H2,21,30)(H,22,26)/t11-/m0/s1. The maximum atomic E-state index is 14.8. The molecular formula is C17H20F3N5O4S. The molecule has 0 saturated carbocycles. The molecule has 3 rings (SSSR count). The van der Waals surface area contributed by atoms with E-state index in [-0.39, 0.29) is 30.5 Å². The van der Waals surface area contributed by atoms with Gasteiger partial charge in [0, 0.05) is 13.1 Å². The Kier molecular flexibility index (Phi) is 6.82. The van der Waals surface area contributed by atoms with E-state index in [1.54, 1.807) is 11.0 Å². The normalized spacial score (nSPS) is 19.7. The molecule has 2 heterocycles. The summed E-state index contributed by atoms with van der Waals surface area (Å²) in [6.45, 7) is 1.18. The number of hydrogen-bond acceptors (Lipinski definition) is 6. The van der Waals surface area contributed by atoms with Crippen LogP contribution in [0.2, 0.25) is 0 Å². The Morgan fingerprint density at radius 1 is 1.33 bits per heavy atom. The first-order valence-corrected chi connectivity index (χ1v) is 9.45. The zero-order valence-corrected chi connectivity index (χ0v) is 16.5. The smallest absolute Gasteiger partial charge is 0.414 e. The number of halogens is 3. The number of carbonyl (C=O) groups excluding carboxylic acids is 2. The lowest BCUT2D eigenvalue weighted by Crippen LogP contribution is -2.37. The van der Waals surface area contributed by atoms with Gasteiger partial charge < -0.3 is 20.7 Å². The number of cyclic esters (lactones) is 1. The van der Waals surface area contributed by atoms with Crippen molar-refractivity contribution in [1.29, 1.82) is 0 Å². The van der Waals surface area contributed by atoms with Crippen LogP contribution < -0.4 is 20.9 Å². The van der Waals surface area contributed by atoms with Crippen molar-refractivity contribution >= 4 is 40.7 Å². The van der Waals surface area contributed by atoms with Crippen LogP contribution in [0.4, 0.5) is 29.3 Å². The van der Waals surface area contributed by atoms with E-state index in [0.717, 1.165) is 0 Å². The lowest BCUT2D eigenvalue weighted by atomic mass is 10.2. The van der Waals surface area contributed by atoms with Gasteiger partial charge in [-0.25, -0.2) is 14.2 Å². The highest BCUT2D eigenvalue weighted by atomic mass is 32.1. The van der Waals surface area contributed by atoms with Crippen molar-refractivity contribution in [3.63, 3.8) is 0 Å². The van der Waals surface area contributed by atoms with E-state index in [0.29, 0.717) is 25.3 Å².